The number of nitro groups is 2. The maximum Gasteiger partial charge on any atom is 0.513 e. The molecule has 0 heterocycles. The number of hydrogen-bond donors (Lipinski definition) is 0. The third kappa shape index (κ3) is 5.40. The van der Waals surface area contributed by atoms with Gasteiger partial charge in [0.25, 0.3) is 5.69 Å². The monoisotopic (exact) mass is 354 g/mol. The lowest BCUT2D eigenvalue weighted by atomic mass is 9.89. The molecule has 25 heavy (non-hydrogen) atoms. The standard InChI is InChI=1S/C16H22N2O7/c1-4-6-7-8-11(5-2)13-9-12(17(20)21)10-14(18(22)23)15(13)25-16(19)24-3/h9-11H,4-8H2,1-3H3/t11-/m0/s1. The molecule has 0 aliphatic carbocycles. The van der Waals surface area contributed by atoms with Gasteiger partial charge >= 0.3 is 11.8 Å². The van der Waals surface area contributed by atoms with Gasteiger partial charge < -0.3 is 9.47 Å². The van der Waals surface area contributed by atoms with E-state index >= 15 is 0 Å². The molecule has 1 rings (SSSR count). The van der Waals surface area contributed by atoms with Gasteiger partial charge in [-0.1, -0.05) is 33.1 Å². The normalized spacial score (nSPS) is 11.6. The van der Waals surface area contributed by atoms with Gasteiger partial charge in [-0.2, -0.15) is 0 Å². The molecule has 0 aliphatic heterocycles. The van der Waals surface area contributed by atoms with Crippen molar-refractivity contribution in [2.75, 3.05) is 7.11 Å². The van der Waals surface area contributed by atoms with Crippen molar-refractivity contribution in [3.8, 4) is 5.75 Å². The lowest BCUT2D eigenvalue weighted by Gasteiger charge is -2.18. The first-order valence-electron chi connectivity index (χ1n) is 8.08. The summed E-state index contributed by atoms with van der Waals surface area (Å²) in [6.45, 7) is 3.92. The lowest BCUT2D eigenvalue weighted by Crippen LogP contribution is -2.13. The number of carbonyl (C=O) groups is 1. The maximum atomic E-state index is 11.5. The summed E-state index contributed by atoms with van der Waals surface area (Å²) >= 11 is 0. The van der Waals surface area contributed by atoms with Gasteiger partial charge in [0.1, 0.15) is 0 Å². The molecule has 0 radical (unpaired) electrons. The third-order valence-corrected chi connectivity index (χ3v) is 3.93. The van der Waals surface area contributed by atoms with Crippen molar-refractivity contribution in [3.63, 3.8) is 0 Å². The van der Waals surface area contributed by atoms with Crippen LogP contribution in [0.15, 0.2) is 12.1 Å². The summed E-state index contributed by atoms with van der Waals surface area (Å²) < 4.78 is 9.40. The number of hydrogen-bond acceptors (Lipinski definition) is 7. The van der Waals surface area contributed by atoms with Crippen molar-refractivity contribution in [1.29, 1.82) is 0 Å². The van der Waals surface area contributed by atoms with Crippen molar-refractivity contribution in [2.24, 2.45) is 0 Å². The molecule has 0 bridgehead atoms. The largest absolute Gasteiger partial charge is 0.513 e. The Balaban J connectivity index is 3.48. The molecule has 0 amide bonds. The number of non-ortho nitro benzene ring substituents is 1. The van der Waals surface area contributed by atoms with E-state index in [1.54, 1.807) is 0 Å². The van der Waals surface area contributed by atoms with Gasteiger partial charge in [-0.25, -0.2) is 4.79 Å². The Hall–Kier alpha value is -2.71. The molecule has 0 saturated carbocycles. The molecule has 0 aromatic heterocycles. The van der Waals surface area contributed by atoms with Crippen LogP contribution in [0.4, 0.5) is 16.2 Å². The van der Waals surface area contributed by atoms with Crippen LogP contribution >= 0.6 is 0 Å². The summed E-state index contributed by atoms with van der Waals surface area (Å²) in [6.07, 6.45) is 3.00. The van der Waals surface area contributed by atoms with E-state index in [-0.39, 0.29) is 17.2 Å². The Bertz CT molecular complexity index is 646. The second-order valence-corrected chi connectivity index (χ2v) is 5.55. The molecule has 0 unspecified atom stereocenters. The van der Waals surface area contributed by atoms with Gasteiger partial charge in [0.2, 0.25) is 5.75 Å². The molecule has 0 aliphatic rings. The van der Waals surface area contributed by atoms with Crippen LogP contribution in [0.5, 0.6) is 5.75 Å². The average Bonchev–Trinajstić information content (AvgIpc) is 2.58. The predicted octanol–water partition coefficient (Wildman–Crippen LogP) is 4.72. The zero-order chi connectivity index (χ0) is 19.0. The van der Waals surface area contributed by atoms with Crippen LogP contribution in [0.3, 0.4) is 0 Å². The number of unbranched alkanes of at least 4 members (excludes halogenated alkanes) is 2. The van der Waals surface area contributed by atoms with E-state index in [0.717, 1.165) is 32.4 Å². The number of rotatable bonds is 9. The Morgan fingerprint density at radius 3 is 2.32 bits per heavy atom. The second-order valence-electron chi connectivity index (χ2n) is 5.55. The summed E-state index contributed by atoms with van der Waals surface area (Å²) in [5.41, 5.74) is -0.749. The molecule has 9 heteroatoms. The van der Waals surface area contributed by atoms with Crippen LogP contribution in [0.2, 0.25) is 0 Å². The van der Waals surface area contributed by atoms with Gasteiger partial charge in [0.15, 0.2) is 0 Å². The number of carbonyl (C=O) groups excluding carboxylic acids is 1. The fraction of sp³-hybridized carbons (Fsp3) is 0.562. The summed E-state index contributed by atoms with van der Waals surface area (Å²) in [4.78, 5) is 32.5. The zero-order valence-corrected chi connectivity index (χ0v) is 14.5. The van der Waals surface area contributed by atoms with Crippen LogP contribution in [0.25, 0.3) is 0 Å². The van der Waals surface area contributed by atoms with E-state index < -0.39 is 27.4 Å². The fourth-order valence-electron chi connectivity index (χ4n) is 2.62. The van der Waals surface area contributed by atoms with E-state index in [4.69, 9.17) is 4.74 Å². The highest BCUT2D eigenvalue weighted by Gasteiger charge is 2.30. The molecule has 1 aromatic rings. The predicted molar refractivity (Wildman–Crippen MR) is 90.0 cm³/mol. The molecule has 1 aromatic carbocycles. The third-order valence-electron chi connectivity index (χ3n) is 3.93. The topological polar surface area (TPSA) is 122 Å². The smallest absolute Gasteiger partial charge is 0.437 e. The van der Waals surface area contributed by atoms with Crippen LogP contribution in [-0.2, 0) is 4.74 Å². The van der Waals surface area contributed by atoms with Crippen LogP contribution in [0, 0.1) is 20.2 Å². The highest BCUT2D eigenvalue weighted by atomic mass is 16.7. The minimum atomic E-state index is -1.11. The molecular weight excluding hydrogens is 332 g/mol. The minimum absolute atomic E-state index is 0.204. The quantitative estimate of drug-likeness (QED) is 0.207. The fourth-order valence-corrected chi connectivity index (χ4v) is 2.62. The van der Waals surface area contributed by atoms with Gasteiger partial charge in [-0.15, -0.1) is 0 Å². The van der Waals surface area contributed by atoms with Crippen molar-refractivity contribution in [2.45, 2.75) is 51.9 Å². The SMILES string of the molecule is CCCCC[C@H](CC)c1cc([N+](=O)[O-])cc([N+](=O)[O-])c1OC(=O)OC. The van der Waals surface area contributed by atoms with Gasteiger partial charge in [-0.05, 0) is 18.8 Å². The number of nitrogens with zero attached hydrogens (tertiary/aromatic N) is 2. The van der Waals surface area contributed by atoms with E-state index in [1.165, 1.54) is 6.07 Å². The van der Waals surface area contributed by atoms with Crippen molar-refractivity contribution in [1.82, 2.24) is 0 Å². The highest BCUT2D eigenvalue weighted by Crippen LogP contribution is 2.42. The van der Waals surface area contributed by atoms with Gasteiger partial charge in [0, 0.05) is 11.6 Å². The average molecular weight is 354 g/mol. The molecule has 0 spiro atoms. The summed E-state index contributed by atoms with van der Waals surface area (Å²) in [5.74, 6) is -0.490. The van der Waals surface area contributed by atoms with Crippen molar-refractivity contribution >= 4 is 17.5 Å². The molecular formula is C16H22N2O7. The van der Waals surface area contributed by atoms with Gasteiger partial charge in [-0.3, -0.25) is 20.2 Å². The number of nitro benzene ring substituents is 2. The van der Waals surface area contributed by atoms with Crippen LogP contribution in [0.1, 0.15) is 57.4 Å². The maximum absolute atomic E-state index is 11.5. The molecule has 138 valence electrons. The van der Waals surface area contributed by atoms with Crippen LogP contribution in [-0.4, -0.2) is 23.1 Å². The molecule has 0 fully saturated rings. The summed E-state index contributed by atoms with van der Waals surface area (Å²) in [5, 5.41) is 22.5. The minimum Gasteiger partial charge on any atom is -0.437 e. The van der Waals surface area contributed by atoms with E-state index in [9.17, 15) is 25.0 Å². The molecule has 0 N–H and O–H groups in total. The Kier molecular flexibility index (Phi) is 7.77. The zero-order valence-electron chi connectivity index (χ0n) is 14.5. The molecule has 9 nitrogen and oxygen atoms in total. The lowest BCUT2D eigenvalue weighted by molar-refractivity contribution is -0.394. The first-order valence-corrected chi connectivity index (χ1v) is 8.08. The number of methoxy groups -OCH3 is 1. The number of ether oxygens (including phenoxy) is 2. The van der Waals surface area contributed by atoms with E-state index in [0.29, 0.717) is 12.8 Å². The van der Waals surface area contributed by atoms with Crippen molar-refractivity contribution in [3.05, 3.63) is 37.9 Å². The Morgan fingerprint density at radius 2 is 1.84 bits per heavy atom. The molecule has 0 saturated heterocycles. The summed E-state index contributed by atoms with van der Waals surface area (Å²) in [6, 6.07) is 2.03. The van der Waals surface area contributed by atoms with Crippen LogP contribution < -0.4 is 4.74 Å². The van der Waals surface area contributed by atoms with Gasteiger partial charge in [0.05, 0.1) is 23.0 Å². The highest BCUT2D eigenvalue weighted by molar-refractivity contribution is 5.69. The number of benzene rings is 1. The first kappa shape index (κ1) is 20.3. The molecule has 1 atom stereocenters. The van der Waals surface area contributed by atoms with Crippen molar-refractivity contribution < 1.29 is 24.1 Å². The van der Waals surface area contributed by atoms with E-state index in [1.807, 2.05) is 13.8 Å². The second kappa shape index (κ2) is 9.55. The first-order chi connectivity index (χ1) is 11.8. The van der Waals surface area contributed by atoms with E-state index in [2.05, 4.69) is 4.74 Å². The Morgan fingerprint density at radius 1 is 1.16 bits per heavy atom. The summed E-state index contributed by atoms with van der Waals surface area (Å²) in [7, 11) is 1.08. The Labute approximate surface area is 145 Å².